The van der Waals surface area contributed by atoms with Crippen LogP contribution < -0.4 is 14.4 Å². The summed E-state index contributed by atoms with van der Waals surface area (Å²) in [5.41, 5.74) is 1.95. The molecule has 248 valence electrons. The largest absolute Gasteiger partial charge is 0.494 e. The van der Waals surface area contributed by atoms with Gasteiger partial charge < -0.3 is 15.0 Å². The molecule has 8 nitrogen and oxygen atoms in total. The van der Waals surface area contributed by atoms with Crippen molar-refractivity contribution in [3.63, 3.8) is 0 Å². The molecule has 0 saturated carbocycles. The Labute approximate surface area is 294 Å². The third kappa shape index (κ3) is 9.92. The molecule has 4 aromatic carbocycles. The number of hydrogen-bond acceptors (Lipinski definition) is 5. The van der Waals surface area contributed by atoms with Crippen molar-refractivity contribution >= 4 is 59.4 Å². The van der Waals surface area contributed by atoms with Gasteiger partial charge in [-0.15, -0.1) is 0 Å². The fourth-order valence-electron chi connectivity index (χ4n) is 4.92. The molecule has 0 radical (unpaired) electrons. The molecule has 0 aliphatic rings. The van der Waals surface area contributed by atoms with Crippen molar-refractivity contribution in [2.75, 3.05) is 17.5 Å². The van der Waals surface area contributed by atoms with Crippen LogP contribution in [0.25, 0.3) is 0 Å². The Morgan fingerprint density at radius 2 is 1.40 bits per heavy atom. The lowest BCUT2D eigenvalue weighted by molar-refractivity contribution is -0.140. The van der Waals surface area contributed by atoms with Crippen LogP contribution >= 0.6 is 31.9 Å². The molecule has 0 saturated heterocycles. The maximum absolute atomic E-state index is 14.6. The van der Waals surface area contributed by atoms with Crippen LogP contribution in [0.15, 0.2) is 117 Å². The second kappa shape index (κ2) is 16.9. The van der Waals surface area contributed by atoms with Gasteiger partial charge in [0.25, 0.3) is 10.0 Å². The van der Waals surface area contributed by atoms with Crippen LogP contribution in [-0.4, -0.2) is 50.4 Å². The molecule has 0 bridgehead atoms. The van der Waals surface area contributed by atoms with E-state index in [1.54, 1.807) is 36.4 Å². The van der Waals surface area contributed by atoms with E-state index in [9.17, 15) is 18.0 Å². The Kier molecular flexibility index (Phi) is 13.0. The van der Waals surface area contributed by atoms with Crippen molar-refractivity contribution in [3.8, 4) is 5.75 Å². The highest BCUT2D eigenvalue weighted by Crippen LogP contribution is 2.28. The molecule has 4 rings (SSSR count). The number of carbonyl (C=O) groups is 2. The Morgan fingerprint density at radius 1 is 0.809 bits per heavy atom. The van der Waals surface area contributed by atoms with Gasteiger partial charge in [-0.2, -0.15) is 0 Å². The SMILES string of the molecule is CCOc1ccc(N(CC(=O)N(Cc2ccc(Br)cc2)[C@H](Cc2ccccc2)C(=O)N[C@H](C)CC)S(=O)(=O)c2ccc(Br)cc2)cc1. The number of hydrogen-bond donors (Lipinski definition) is 1. The van der Waals surface area contributed by atoms with Gasteiger partial charge in [0, 0.05) is 28.0 Å². The van der Waals surface area contributed by atoms with E-state index < -0.39 is 28.5 Å². The number of carbonyl (C=O) groups excluding carboxylic acids is 2. The molecule has 1 N–H and O–H groups in total. The van der Waals surface area contributed by atoms with Crippen molar-refractivity contribution in [3.05, 3.63) is 123 Å². The Morgan fingerprint density at radius 3 is 1.98 bits per heavy atom. The van der Waals surface area contributed by atoms with Gasteiger partial charge in [0.05, 0.1) is 17.2 Å². The molecule has 0 spiro atoms. The second-order valence-corrected chi connectivity index (χ2v) is 14.8. The van der Waals surface area contributed by atoms with E-state index in [-0.39, 0.29) is 35.5 Å². The maximum Gasteiger partial charge on any atom is 0.264 e. The third-order valence-electron chi connectivity index (χ3n) is 7.65. The highest BCUT2D eigenvalue weighted by molar-refractivity contribution is 9.10. The molecule has 0 heterocycles. The van der Waals surface area contributed by atoms with Crippen LogP contribution in [-0.2, 0) is 32.6 Å². The van der Waals surface area contributed by atoms with E-state index in [4.69, 9.17) is 4.74 Å². The quantitative estimate of drug-likeness (QED) is 0.136. The van der Waals surface area contributed by atoms with Crippen molar-refractivity contribution in [2.24, 2.45) is 0 Å². The maximum atomic E-state index is 14.6. The van der Waals surface area contributed by atoms with Gasteiger partial charge in [0.2, 0.25) is 11.8 Å². The predicted molar refractivity (Wildman–Crippen MR) is 193 cm³/mol. The molecule has 0 unspecified atom stereocenters. The first-order chi connectivity index (χ1) is 22.5. The van der Waals surface area contributed by atoms with Crippen LogP contribution in [0.2, 0.25) is 0 Å². The lowest BCUT2D eigenvalue weighted by atomic mass is 10.0. The summed E-state index contributed by atoms with van der Waals surface area (Å²) in [4.78, 5) is 30.1. The summed E-state index contributed by atoms with van der Waals surface area (Å²) < 4.78 is 36.7. The first kappa shape index (κ1) is 36.2. The number of anilines is 1. The van der Waals surface area contributed by atoms with Crippen molar-refractivity contribution in [1.82, 2.24) is 10.2 Å². The Hall–Kier alpha value is -3.67. The average molecular weight is 786 g/mol. The number of nitrogens with zero attached hydrogens (tertiary/aromatic N) is 2. The van der Waals surface area contributed by atoms with Crippen LogP contribution in [0.3, 0.4) is 0 Å². The van der Waals surface area contributed by atoms with Crippen LogP contribution in [0.5, 0.6) is 5.75 Å². The average Bonchev–Trinajstić information content (AvgIpc) is 3.07. The van der Waals surface area contributed by atoms with Crippen LogP contribution in [0.4, 0.5) is 5.69 Å². The van der Waals surface area contributed by atoms with E-state index >= 15 is 0 Å². The normalized spacial score (nSPS) is 12.5. The molecule has 47 heavy (non-hydrogen) atoms. The molecule has 0 aromatic heterocycles. The molecule has 0 aliphatic carbocycles. The van der Waals surface area contributed by atoms with Crippen molar-refractivity contribution < 1.29 is 22.7 Å². The fourth-order valence-corrected chi connectivity index (χ4v) is 6.86. The van der Waals surface area contributed by atoms with E-state index in [0.717, 1.165) is 24.4 Å². The highest BCUT2D eigenvalue weighted by atomic mass is 79.9. The number of ether oxygens (including phenoxy) is 1. The monoisotopic (exact) mass is 783 g/mol. The van der Waals surface area contributed by atoms with Crippen LogP contribution in [0.1, 0.15) is 38.3 Å². The molecule has 0 aliphatic heterocycles. The molecular formula is C36H39Br2N3O5S. The van der Waals surface area contributed by atoms with Gasteiger partial charge in [-0.25, -0.2) is 8.42 Å². The summed E-state index contributed by atoms with van der Waals surface area (Å²) in [7, 11) is -4.21. The number of benzene rings is 4. The number of rotatable bonds is 15. The number of amides is 2. The Bertz CT molecular complexity index is 1720. The first-order valence-electron chi connectivity index (χ1n) is 15.4. The summed E-state index contributed by atoms with van der Waals surface area (Å²) in [6, 6.07) is 28.8. The molecule has 11 heteroatoms. The lowest BCUT2D eigenvalue weighted by Gasteiger charge is -2.34. The Balaban J connectivity index is 1.80. The number of sulfonamides is 1. The molecule has 0 fully saturated rings. The summed E-state index contributed by atoms with van der Waals surface area (Å²) in [5, 5.41) is 3.05. The first-order valence-corrected chi connectivity index (χ1v) is 18.4. The zero-order valence-electron chi connectivity index (χ0n) is 26.6. The minimum atomic E-state index is -4.21. The minimum Gasteiger partial charge on any atom is -0.494 e. The van der Waals surface area contributed by atoms with E-state index in [0.29, 0.717) is 18.8 Å². The van der Waals surface area contributed by atoms with E-state index in [2.05, 4.69) is 37.2 Å². The molecule has 2 amide bonds. The number of halogens is 2. The molecule has 2 atom stereocenters. The summed E-state index contributed by atoms with van der Waals surface area (Å²) in [5.74, 6) is -0.259. The highest BCUT2D eigenvalue weighted by Gasteiger charge is 2.35. The summed E-state index contributed by atoms with van der Waals surface area (Å²) in [6.07, 6.45) is 0.954. The fraction of sp³-hybridized carbons (Fsp3) is 0.278. The van der Waals surface area contributed by atoms with Crippen LogP contribution in [0, 0.1) is 0 Å². The topological polar surface area (TPSA) is 96.0 Å². The lowest BCUT2D eigenvalue weighted by Crippen LogP contribution is -2.54. The van der Waals surface area contributed by atoms with Crippen molar-refractivity contribution in [2.45, 2.75) is 57.1 Å². The van der Waals surface area contributed by atoms with Gasteiger partial charge in [-0.1, -0.05) is 81.2 Å². The smallest absolute Gasteiger partial charge is 0.264 e. The predicted octanol–water partition coefficient (Wildman–Crippen LogP) is 7.36. The molecular weight excluding hydrogens is 746 g/mol. The third-order valence-corrected chi connectivity index (χ3v) is 10.5. The summed E-state index contributed by atoms with van der Waals surface area (Å²) in [6.45, 7) is 5.75. The second-order valence-electron chi connectivity index (χ2n) is 11.1. The van der Waals surface area contributed by atoms with Gasteiger partial charge in [0.15, 0.2) is 0 Å². The summed E-state index contributed by atoms with van der Waals surface area (Å²) >= 11 is 6.83. The van der Waals surface area contributed by atoms with E-state index in [1.165, 1.54) is 17.0 Å². The minimum absolute atomic E-state index is 0.0252. The standard InChI is InChI=1S/C36H39Br2N3O5S/c1-4-26(3)39-36(43)34(23-27-9-7-6-8-10-27)40(24-28-11-13-29(37)14-12-28)35(42)25-41(31-17-19-32(20-18-31)46-5-2)47(44,45)33-21-15-30(38)16-22-33/h6-22,26,34H,4-5,23-25H2,1-3H3,(H,39,43)/t26-,34-/m1/s1. The zero-order valence-corrected chi connectivity index (χ0v) is 30.6. The van der Waals surface area contributed by atoms with Crippen molar-refractivity contribution in [1.29, 1.82) is 0 Å². The van der Waals surface area contributed by atoms with Gasteiger partial charge in [-0.3, -0.25) is 13.9 Å². The van der Waals surface area contributed by atoms with Gasteiger partial charge >= 0.3 is 0 Å². The zero-order chi connectivity index (χ0) is 34.0. The van der Waals surface area contributed by atoms with Gasteiger partial charge in [0.1, 0.15) is 18.3 Å². The number of nitrogens with one attached hydrogen (secondary N) is 1. The van der Waals surface area contributed by atoms with Gasteiger partial charge in [-0.05, 0) is 92.1 Å². The van der Waals surface area contributed by atoms with E-state index in [1.807, 2.05) is 75.4 Å². The molecule has 4 aromatic rings.